The Balaban J connectivity index is 2.41. The van der Waals surface area contributed by atoms with Crippen molar-refractivity contribution in [2.24, 2.45) is 0 Å². The van der Waals surface area contributed by atoms with E-state index in [-0.39, 0.29) is 13.0 Å². The number of methoxy groups -OCH3 is 1. The van der Waals surface area contributed by atoms with Crippen molar-refractivity contribution >= 4 is 5.95 Å². The molecule has 18 heavy (non-hydrogen) atoms. The summed E-state index contributed by atoms with van der Waals surface area (Å²) in [5, 5.41) is 2.91. The molecule has 0 aromatic carbocycles. The van der Waals surface area contributed by atoms with E-state index in [1.807, 2.05) is 17.7 Å². The summed E-state index contributed by atoms with van der Waals surface area (Å²) in [5.74, 6) is 0.590. The van der Waals surface area contributed by atoms with Gasteiger partial charge in [0.1, 0.15) is 0 Å². The summed E-state index contributed by atoms with van der Waals surface area (Å²) >= 11 is 0. The standard InChI is InChI=1S/C11H18F3N3O/c1-9-8-17(6-7-18-2)10(16-9)15-5-3-4-11(12,13)14/h8H,3-7H2,1-2H3,(H,15,16). The van der Waals surface area contributed by atoms with Crippen molar-refractivity contribution in [2.45, 2.75) is 32.5 Å². The van der Waals surface area contributed by atoms with Crippen LogP contribution in [0.25, 0.3) is 0 Å². The normalized spacial score (nSPS) is 11.8. The molecule has 1 rings (SSSR count). The van der Waals surface area contributed by atoms with Gasteiger partial charge in [0.05, 0.1) is 12.3 Å². The number of imidazole rings is 1. The third kappa shape index (κ3) is 5.39. The van der Waals surface area contributed by atoms with Crippen molar-refractivity contribution in [3.8, 4) is 0 Å². The molecule has 1 aromatic rings. The van der Waals surface area contributed by atoms with Crippen molar-refractivity contribution in [1.82, 2.24) is 9.55 Å². The molecule has 0 fully saturated rings. The van der Waals surface area contributed by atoms with E-state index in [0.29, 0.717) is 19.1 Å². The lowest BCUT2D eigenvalue weighted by atomic mass is 10.3. The zero-order chi connectivity index (χ0) is 13.6. The number of rotatable bonds is 7. The number of halogens is 3. The van der Waals surface area contributed by atoms with Crippen LogP contribution in [0.4, 0.5) is 19.1 Å². The van der Waals surface area contributed by atoms with Crippen LogP contribution in [0.5, 0.6) is 0 Å². The highest BCUT2D eigenvalue weighted by Crippen LogP contribution is 2.21. The van der Waals surface area contributed by atoms with Gasteiger partial charge in [-0.05, 0) is 13.3 Å². The van der Waals surface area contributed by atoms with E-state index in [1.165, 1.54) is 0 Å². The van der Waals surface area contributed by atoms with Crippen LogP contribution in [0, 0.1) is 6.92 Å². The van der Waals surface area contributed by atoms with Gasteiger partial charge in [-0.1, -0.05) is 0 Å². The van der Waals surface area contributed by atoms with Crippen molar-refractivity contribution in [3.05, 3.63) is 11.9 Å². The maximum absolute atomic E-state index is 12.0. The third-order valence-corrected chi connectivity index (χ3v) is 2.35. The fourth-order valence-corrected chi connectivity index (χ4v) is 1.54. The first-order valence-corrected chi connectivity index (χ1v) is 5.75. The summed E-state index contributed by atoms with van der Waals surface area (Å²) in [6.07, 6.45) is -2.99. The monoisotopic (exact) mass is 265 g/mol. The minimum atomic E-state index is -4.09. The van der Waals surface area contributed by atoms with E-state index >= 15 is 0 Å². The molecule has 0 radical (unpaired) electrons. The van der Waals surface area contributed by atoms with Gasteiger partial charge in [0.15, 0.2) is 0 Å². The van der Waals surface area contributed by atoms with E-state index in [1.54, 1.807) is 7.11 Å². The maximum Gasteiger partial charge on any atom is 0.389 e. The van der Waals surface area contributed by atoms with Gasteiger partial charge in [0.25, 0.3) is 0 Å². The van der Waals surface area contributed by atoms with E-state index in [0.717, 1.165) is 5.69 Å². The van der Waals surface area contributed by atoms with Gasteiger partial charge in [0, 0.05) is 32.8 Å². The minimum Gasteiger partial charge on any atom is -0.383 e. The number of aryl methyl sites for hydroxylation is 1. The molecule has 0 saturated heterocycles. The molecule has 0 aliphatic heterocycles. The summed E-state index contributed by atoms with van der Waals surface area (Å²) < 4.78 is 42.7. The van der Waals surface area contributed by atoms with Crippen LogP contribution in [0.15, 0.2) is 6.20 Å². The van der Waals surface area contributed by atoms with Crippen LogP contribution in [0.3, 0.4) is 0 Å². The number of nitrogens with zero attached hydrogens (tertiary/aromatic N) is 2. The quantitative estimate of drug-likeness (QED) is 0.770. The van der Waals surface area contributed by atoms with Crippen LogP contribution >= 0.6 is 0 Å². The molecule has 1 heterocycles. The van der Waals surface area contributed by atoms with E-state index in [2.05, 4.69) is 10.3 Å². The highest BCUT2D eigenvalue weighted by molar-refractivity contribution is 5.28. The lowest BCUT2D eigenvalue weighted by molar-refractivity contribution is -0.134. The highest BCUT2D eigenvalue weighted by atomic mass is 19.4. The Kier molecular flexibility index (Phi) is 5.46. The first-order valence-electron chi connectivity index (χ1n) is 5.75. The molecular formula is C11H18F3N3O. The molecule has 1 aromatic heterocycles. The smallest absolute Gasteiger partial charge is 0.383 e. The number of hydrogen-bond donors (Lipinski definition) is 1. The number of alkyl halides is 3. The molecule has 7 heteroatoms. The first kappa shape index (κ1) is 14.8. The second kappa shape index (κ2) is 6.63. The Morgan fingerprint density at radius 2 is 2.17 bits per heavy atom. The van der Waals surface area contributed by atoms with Crippen molar-refractivity contribution in [3.63, 3.8) is 0 Å². The third-order valence-electron chi connectivity index (χ3n) is 2.35. The molecule has 0 bridgehead atoms. The molecule has 0 aliphatic carbocycles. The summed E-state index contributed by atoms with van der Waals surface area (Å²) in [6.45, 7) is 3.25. The number of anilines is 1. The first-order chi connectivity index (χ1) is 8.42. The minimum absolute atomic E-state index is 0.0414. The van der Waals surface area contributed by atoms with Crippen LogP contribution in [-0.4, -0.2) is 36.0 Å². The van der Waals surface area contributed by atoms with Gasteiger partial charge < -0.3 is 14.6 Å². The molecule has 0 unspecified atom stereocenters. The summed E-state index contributed by atoms with van der Waals surface area (Å²) in [4.78, 5) is 4.21. The fourth-order valence-electron chi connectivity index (χ4n) is 1.54. The van der Waals surface area contributed by atoms with Crippen molar-refractivity contribution in [1.29, 1.82) is 0 Å². The lowest BCUT2D eigenvalue weighted by Crippen LogP contribution is -2.14. The zero-order valence-corrected chi connectivity index (χ0v) is 10.5. The second-order valence-corrected chi connectivity index (χ2v) is 4.04. The molecule has 0 saturated carbocycles. The molecule has 104 valence electrons. The molecule has 1 N–H and O–H groups in total. The molecule has 0 atom stereocenters. The molecule has 0 aliphatic rings. The Morgan fingerprint density at radius 1 is 1.44 bits per heavy atom. The van der Waals surface area contributed by atoms with Crippen molar-refractivity contribution in [2.75, 3.05) is 25.6 Å². The Labute approximate surface area is 104 Å². The molecular weight excluding hydrogens is 247 g/mol. The van der Waals surface area contributed by atoms with Gasteiger partial charge in [-0.15, -0.1) is 0 Å². The van der Waals surface area contributed by atoms with Crippen LogP contribution in [0.1, 0.15) is 18.5 Å². The van der Waals surface area contributed by atoms with Crippen molar-refractivity contribution < 1.29 is 17.9 Å². The SMILES string of the molecule is COCCn1cc(C)nc1NCCCC(F)(F)F. The molecule has 4 nitrogen and oxygen atoms in total. The number of ether oxygens (including phenoxy) is 1. The van der Waals surface area contributed by atoms with Gasteiger partial charge in [0.2, 0.25) is 5.95 Å². The zero-order valence-electron chi connectivity index (χ0n) is 10.5. The topological polar surface area (TPSA) is 39.1 Å². The average molecular weight is 265 g/mol. The van der Waals surface area contributed by atoms with E-state index in [4.69, 9.17) is 4.74 Å². The van der Waals surface area contributed by atoms with Gasteiger partial charge >= 0.3 is 6.18 Å². The van der Waals surface area contributed by atoms with E-state index in [9.17, 15) is 13.2 Å². The molecule has 0 amide bonds. The van der Waals surface area contributed by atoms with Crippen LogP contribution in [0.2, 0.25) is 0 Å². The predicted molar refractivity (Wildman–Crippen MR) is 62.6 cm³/mol. The predicted octanol–water partition coefficient (Wildman–Crippen LogP) is 2.59. The summed E-state index contributed by atoms with van der Waals surface area (Å²) in [7, 11) is 1.60. The lowest BCUT2D eigenvalue weighted by Gasteiger charge is -2.10. The Morgan fingerprint density at radius 3 is 2.78 bits per heavy atom. The number of nitrogens with one attached hydrogen (secondary N) is 1. The van der Waals surface area contributed by atoms with Gasteiger partial charge in [-0.25, -0.2) is 4.98 Å². The summed E-state index contributed by atoms with van der Waals surface area (Å²) in [6, 6.07) is 0. The Hall–Kier alpha value is -1.24. The van der Waals surface area contributed by atoms with Gasteiger partial charge in [-0.2, -0.15) is 13.2 Å². The highest BCUT2D eigenvalue weighted by Gasteiger charge is 2.25. The second-order valence-electron chi connectivity index (χ2n) is 4.04. The number of aromatic nitrogens is 2. The maximum atomic E-state index is 12.0. The Bertz CT molecular complexity index is 363. The fraction of sp³-hybridized carbons (Fsp3) is 0.727. The number of hydrogen-bond acceptors (Lipinski definition) is 3. The average Bonchev–Trinajstić information content (AvgIpc) is 2.61. The van der Waals surface area contributed by atoms with Crippen LogP contribution < -0.4 is 5.32 Å². The van der Waals surface area contributed by atoms with E-state index < -0.39 is 12.6 Å². The molecule has 0 spiro atoms. The van der Waals surface area contributed by atoms with Crippen LogP contribution in [-0.2, 0) is 11.3 Å². The van der Waals surface area contributed by atoms with Gasteiger partial charge in [-0.3, -0.25) is 0 Å². The largest absolute Gasteiger partial charge is 0.389 e. The summed E-state index contributed by atoms with van der Waals surface area (Å²) in [5.41, 5.74) is 0.824.